The molecule has 0 fully saturated rings. The number of rotatable bonds is 14. The van der Waals surface area contributed by atoms with Crippen molar-refractivity contribution in [1.82, 2.24) is 0 Å². The van der Waals surface area contributed by atoms with Gasteiger partial charge in [0.2, 0.25) is 0 Å². The van der Waals surface area contributed by atoms with Gasteiger partial charge in [-0.25, -0.2) is 0 Å². The maximum absolute atomic E-state index is 11.9. The van der Waals surface area contributed by atoms with Gasteiger partial charge in [-0.1, -0.05) is 20.8 Å². The van der Waals surface area contributed by atoms with Crippen LogP contribution in [0.1, 0.15) is 47.0 Å². The zero-order chi connectivity index (χ0) is 19.7. The lowest BCUT2D eigenvalue weighted by Gasteiger charge is -2.23. The van der Waals surface area contributed by atoms with Gasteiger partial charge < -0.3 is 0 Å². The lowest BCUT2D eigenvalue weighted by Crippen LogP contribution is -2.38. The lowest BCUT2D eigenvalue weighted by molar-refractivity contribution is 0.0415. The fourth-order valence-electron chi connectivity index (χ4n) is 1.80. The topological polar surface area (TPSA) is 130 Å². The minimum atomic E-state index is -3.97. The van der Waals surface area contributed by atoms with Gasteiger partial charge in [0, 0.05) is 0 Å². The Kier molecular flexibility index (Phi) is 10.7. The SMILES string of the molecule is CCCS(=O)(=O)OCC(OS(=O)(=O)CCC)C(C)OS(=O)(=O)CCC. The molecule has 0 bridgehead atoms. The van der Waals surface area contributed by atoms with Crippen molar-refractivity contribution < 1.29 is 37.8 Å². The summed E-state index contributed by atoms with van der Waals surface area (Å²) >= 11 is 0. The van der Waals surface area contributed by atoms with Crippen LogP contribution in [-0.4, -0.2) is 61.3 Å². The maximum Gasteiger partial charge on any atom is 0.267 e. The Morgan fingerprint density at radius 2 is 1.08 bits per heavy atom. The van der Waals surface area contributed by atoms with Gasteiger partial charge in [-0.15, -0.1) is 0 Å². The molecule has 12 heteroatoms. The number of hydrogen-bond donors (Lipinski definition) is 0. The van der Waals surface area contributed by atoms with Gasteiger partial charge in [0.1, 0.15) is 12.2 Å². The third-order valence-electron chi connectivity index (χ3n) is 2.87. The Morgan fingerprint density at radius 1 is 0.680 bits per heavy atom. The van der Waals surface area contributed by atoms with Crippen LogP contribution in [0.15, 0.2) is 0 Å². The average molecular weight is 425 g/mol. The highest BCUT2D eigenvalue weighted by Crippen LogP contribution is 2.14. The summed E-state index contributed by atoms with van der Waals surface area (Å²) in [5, 5.41) is 0. The Morgan fingerprint density at radius 3 is 1.52 bits per heavy atom. The minimum Gasteiger partial charge on any atom is -0.267 e. The molecule has 0 amide bonds. The summed E-state index contributed by atoms with van der Waals surface area (Å²) in [6.45, 7) is 5.54. The third-order valence-corrected chi connectivity index (χ3v) is 7.22. The molecule has 0 aliphatic heterocycles. The van der Waals surface area contributed by atoms with Crippen LogP contribution in [0, 0.1) is 0 Å². The predicted molar refractivity (Wildman–Crippen MR) is 93.6 cm³/mol. The first-order valence-corrected chi connectivity index (χ1v) is 12.8. The van der Waals surface area contributed by atoms with Crippen molar-refractivity contribution in [2.75, 3.05) is 23.9 Å². The van der Waals surface area contributed by atoms with Crippen LogP contribution >= 0.6 is 0 Å². The predicted octanol–water partition coefficient (Wildman–Crippen LogP) is 1.01. The molecular formula is C13H28O9S3. The van der Waals surface area contributed by atoms with Crippen molar-refractivity contribution in [2.24, 2.45) is 0 Å². The van der Waals surface area contributed by atoms with Gasteiger partial charge in [0.25, 0.3) is 30.4 Å². The van der Waals surface area contributed by atoms with Crippen LogP contribution in [0.4, 0.5) is 0 Å². The largest absolute Gasteiger partial charge is 0.267 e. The summed E-state index contributed by atoms with van der Waals surface area (Å²) in [5.74, 6) is -0.787. The molecule has 0 aliphatic rings. The Bertz CT molecular complexity index is 680. The molecule has 0 aromatic heterocycles. The first-order chi connectivity index (χ1) is 11.4. The fraction of sp³-hybridized carbons (Fsp3) is 1.00. The summed E-state index contributed by atoms with van der Waals surface area (Å²) < 4.78 is 85.1. The highest BCUT2D eigenvalue weighted by Gasteiger charge is 2.30. The Balaban J connectivity index is 5.25. The molecule has 2 unspecified atom stereocenters. The molecule has 0 saturated carbocycles. The van der Waals surface area contributed by atoms with Gasteiger partial charge in [-0.2, -0.15) is 25.3 Å². The molecular weight excluding hydrogens is 396 g/mol. The normalized spacial score (nSPS) is 15.8. The quantitative estimate of drug-likeness (QED) is 0.375. The van der Waals surface area contributed by atoms with Crippen molar-refractivity contribution in [3.63, 3.8) is 0 Å². The van der Waals surface area contributed by atoms with Crippen molar-refractivity contribution >= 4 is 30.4 Å². The second kappa shape index (κ2) is 10.8. The molecule has 0 heterocycles. The van der Waals surface area contributed by atoms with E-state index in [-0.39, 0.29) is 23.7 Å². The molecule has 0 aliphatic carbocycles. The second-order valence-electron chi connectivity index (χ2n) is 5.51. The molecule has 152 valence electrons. The molecule has 0 N–H and O–H groups in total. The Hall–Kier alpha value is -0.270. The average Bonchev–Trinajstić information content (AvgIpc) is 2.42. The zero-order valence-electron chi connectivity index (χ0n) is 15.0. The lowest BCUT2D eigenvalue weighted by atomic mass is 10.2. The van der Waals surface area contributed by atoms with Gasteiger partial charge in [0.05, 0.1) is 23.9 Å². The van der Waals surface area contributed by atoms with E-state index >= 15 is 0 Å². The van der Waals surface area contributed by atoms with Crippen LogP contribution in [0.3, 0.4) is 0 Å². The third kappa shape index (κ3) is 11.1. The zero-order valence-corrected chi connectivity index (χ0v) is 17.5. The molecule has 0 spiro atoms. The van der Waals surface area contributed by atoms with E-state index < -0.39 is 49.2 Å². The van der Waals surface area contributed by atoms with E-state index in [1.165, 1.54) is 6.92 Å². The summed E-state index contributed by atoms with van der Waals surface area (Å²) in [4.78, 5) is 0. The first-order valence-electron chi connectivity index (χ1n) is 8.07. The summed E-state index contributed by atoms with van der Waals surface area (Å²) in [6, 6.07) is 0. The maximum atomic E-state index is 11.9. The minimum absolute atomic E-state index is 0.245. The molecule has 25 heavy (non-hydrogen) atoms. The van der Waals surface area contributed by atoms with Crippen LogP contribution in [0.2, 0.25) is 0 Å². The van der Waals surface area contributed by atoms with Crippen molar-refractivity contribution in [3.05, 3.63) is 0 Å². The highest BCUT2D eigenvalue weighted by atomic mass is 32.2. The van der Waals surface area contributed by atoms with Gasteiger partial charge in [-0.05, 0) is 26.2 Å². The smallest absolute Gasteiger partial charge is 0.267 e. The molecule has 0 rings (SSSR count). The van der Waals surface area contributed by atoms with Crippen LogP contribution in [-0.2, 0) is 42.9 Å². The van der Waals surface area contributed by atoms with E-state index in [0.29, 0.717) is 12.8 Å². The Labute approximate surface area is 151 Å². The van der Waals surface area contributed by atoms with E-state index in [2.05, 4.69) is 0 Å². The second-order valence-corrected chi connectivity index (χ2v) is 10.7. The fourth-order valence-corrected chi connectivity index (χ4v) is 5.13. The molecule has 0 aromatic carbocycles. The summed E-state index contributed by atoms with van der Waals surface area (Å²) in [7, 11) is -11.7. The molecule has 2 atom stereocenters. The standard InChI is InChI=1S/C13H28O9S3/c1-5-8-23(14,15)20-11-13(22-25(18,19)10-7-3)12(4)21-24(16,17)9-6-2/h12-13H,5-11H2,1-4H3. The van der Waals surface area contributed by atoms with E-state index in [1.807, 2.05) is 0 Å². The molecule has 9 nitrogen and oxygen atoms in total. The molecule has 0 saturated heterocycles. The van der Waals surface area contributed by atoms with E-state index in [0.717, 1.165) is 0 Å². The van der Waals surface area contributed by atoms with Crippen LogP contribution in [0.25, 0.3) is 0 Å². The highest BCUT2D eigenvalue weighted by molar-refractivity contribution is 7.87. The van der Waals surface area contributed by atoms with E-state index in [4.69, 9.17) is 12.5 Å². The monoisotopic (exact) mass is 424 g/mol. The van der Waals surface area contributed by atoms with Gasteiger partial charge >= 0.3 is 0 Å². The van der Waals surface area contributed by atoms with Gasteiger partial charge in [0.15, 0.2) is 0 Å². The summed E-state index contributed by atoms with van der Waals surface area (Å²) in [6.07, 6.45) is -1.72. The molecule has 0 radical (unpaired) electrons. The van der Waals surface area contributed by atoms with Crippen molar-refractivity contribution in [3.8, 4) is 0 Å². The number of hydrogen-bond acceptors (Lipinski definition) is 9. The van der Waals surface area contributed by atoms with Crippen LogP contribution in [0.5, 0.6) is 0 Å². The van der Waals surface area contributed by atoms with Crippen LogP contribution < -0.4 is 0 Å². The first kappa shape index (κ1) is 24.7. The van der Waals surface area contributed by atoms with Crippen molar-refractivity contribution in [2.45, 2.75) is 59.2 Å². The summed E-state index contributed by atoms with van der Waals surface area (Å²) in [5.41, 5.74) is 0. The van der Waals surface area contributed by atoms with E-state index in [1.54, 1.807) is 20.8 Å². The van der Waals surface area contributed by atoms with Crippen molar-refractivity contribution in [1.29, 1.82) is 0 Å². The van der Waals surface area contributed by atoms with E-state index in [9.17, 15) is 25.3 Å². The van der Waals surface area contributed by atoms with Gasteiger partial charge in [-0.3, -0.25) is 12.5 Å². The molecule has 0 aromatic rings.